The first kappa shape index (κ1) is 16.9. The molecule has 3 aromatic rings. The van der Waals surface area contributed by atoms with E-state index in [4.69, 9.17) is 4.74 Å². The van der Waals surface area contributed by atoms with Gasteiger partial charge in [-0.25, -0.2) is 4.98 Å². The number of carbonyl (C=O) groups excluding carboxylic acids is 1. The Morgan fingerprint density at radius 3 is 2.56 bits per heavy atom. The number of rotatable bonds is 6. The minimum atomic E-state index is -0.114. The molecular formula is C20H18N2O2S. The van der Waals surface area contributed by atoms with Crippen LogP contribution in [-0.2, 0) is 0 Å². The molecule has 0 fully saturated rings. The van der Waals surface area contributed by atoms with E-state index >= 15 is 0 Å². The normalized spacial score (nSPS) is 10.3. The minimum absolute atomic E-state index is 0.114. The summed E-state index contributed by atoms with van der Waals surface area (Å²) in [6.07, 6.45) is 1.70. The van der Waals surface area contributed by atoms with Crippen molar-refractivity contribution >= 4 is 22.4 Å². The molecule has 1 heterocycles. The van der Waals surface area contributed by atoms with Crippen molar-refractivity contribution in [2.24, 2.45) is 0 Å². The zero-order chi connectivity index (χ0) is 17.6. The van der Waals surface area contributed by atoms with Crippen LogP contribution in [0.5, 0.6) is 5.75 Å². The van der Waals surface area contributed by atoms with Crippen molar-refractivity contribution in [1.82, 2.24) is 4.98 Å². The van der Waals surface area contributed by atoms with Gasteiger partial charge in [-0.05, 0) is 24.3 Å². The molecule has 0 N–H and O–H groups in total. The highest BCUT2D eigenvalue weighted by molar-refractivity contribution is 7.14. The standard InChI is InChI=1S/C20H18N2O2S/c1-3-13-22(19(23)16-9-11-17(24-2)12-10-16)20-21-18(14-25-20)15-7-5-4-6-8-15/h3-12,14H,1,13H2,2H3. The molecule has 0 aliphatic heterocycles. The quantitative estimate of drug-likeness (QED) is 0.608. The Balaban J connectivity index is 1.89. The molecule has 1 amide bonds. The zero-order valence-electron chi connectivity index (χ0n) is 13.9. The second-order valence-electron chi connectivity index (χ2n) is 5.31. The molecule has 0 spiro atoms. The Hall–Kier alpha value is -2.92. The van der Waals surface area contributed by atoms with Gasteiger partial charge in [-0.15, -0.1) is 17.9 Å². The third-order valence-corrected chi connectivity index (χ3v) is 4.55. The second kappa shape index (κ2) is 7.77. The molecule has 0 saturated heterocycles. The van der Waals surface area contributed by atoms with E-state index in [1.54, 1.807) is 42.4 Å². The number of anilines is 1. The van der Waals surface area contributed by atoms with Crippen LogP contribution < -0.4 is 9.64 Å². The van der Waals surface area contributed by atoms with E-state index in [0.29, 0.717) is 23.0 Å². The van der Waals surface area contributed by atoms with Gasteiger partial charge < -0.3 is 4.74 Å². The largest absolute Gasteiger partial charge is 0.497 e. The first-order valence-corrected chi connectivity index (χ1v) is 8.68. The molecule has 0 unspecified atom stereocenters. The number of nitrogens with zero attached hydrogens (tertiary/aromatic N) is 2. The number of amides is 1. The van der Waals surface area contributed by atoms with E-state index in [1.165, 1.54) is 11.3 Å². The van der Waals surface area contributed by atoms with Crippen molar-refractivity contribution < 1.29 is 9.53 Å². The highest BCUT2D eigenvalue weighted by Crippen LogP contribution is 2.28. The van der Waals surface area contributed by atoms with Crippen molar-refractivity contribution in [3.8, 4) is 17.0 Å². The number of methoxy groups -OCH3 is 1. The fourth-order valence-corrected chi connectivity index (χ4v) is 3.24. The van der Waals surface area contributed by atoms with E-state index in [9.17, 15) is 4.79 Å². The smallest absolute Gasteiger partial charge is 0.260 e. The average Bonchev–Trinajstić information content (AvgIpc) is 3.16. The molecule has 0 radical (unpaired) electrons. The summed E-state index contributed by atoms with van der Waals surface area (Å²) in [5.74, 6) is 0.601. The van der Waals surface area contributed by atoms with E-state index in [2.05, 4.69) is 11.6 Å². The molecule has 0 aliphatic rings. The summed E-state index contributed by atoms with van der Waals surface area (Å²) in [6, 6.07) is 17.0. The highest BCUT2D eigenvalue weighted by Gasteiger charge is 2.20. The maximum Gasteiger partial charge on any atom is 0.260 e. The Kier molecular flexibility index (Phi) is 5.26. The molecule has 4 nitrogen and oxygen atoms in total. The fourth-order valence-electron chi connectivity index (χ4n) is 2.40. The van der Waals surface area contributed by atoms with E-state index in [1.807, 2.05) is 35.7 Å². The molecule has 0 aliphatic carbocycles. The first-order valence-electron chi connectivity index (χ1n) is 7.80. The summed E-state index contributed by atoms with van der Waals surface area (Å²) in [5.41, 5.74) is 2.47. The van der Waals surface area contributed by atoms with Crippen LogP contribution in [0, 0.1) is 0 Å². The van der Waals surface area contributed by atoms with Gasteiger partial charge in [-0.3, -0.25) is 9.69 Å². The molecule has 3 rings (SSSR count). The van der Waals surface area contributed by atoms with Crippen LogP contribution in [0.15, 0.2) is 72.6 Å². The van der Waals surface area contributed by atoms with Crippen molar-refractivity contribution in [2.45, 2.75) is 0 Å². The van der Waals surface area contributed by atoms with Gasteiger partial charge in [0, 0.05) is 23.1 Å². The van der Waals surface area contributed by atoms with Crippen LogP contribution in [0.3, 0.4) is 0 Å². The molecule has 2 aromatic carbocycles. The lowest BCUT2D eigenvalue weighted by Gasteiger charge is -2.18. The SMILES string of the molecule is C=CCN(C(=O)c1ccc(OC)cc1)c1nc(-c2ccccc2)cs1. The molecule has 0 saturated carbocycles. The predicted molar refractivity (Wildman–Crippen MR) is 102 cm³/mol. The van der Waals surface area contributed by atoms with Gasteiger partial charge in [0.2, 0.25) is 0 Å². The molecule has 1 aromatic heterocycles. The van der Waals surface area contributed by atoms with E-state index < -0.39 is 0 Å². The Morgan fingerprint density at radius 2 is 1.92 bits per heavy atom. The molecule has 25 heavy (non-hydrogen) atoms. The van der Waals surface area contributed by atoms with Gasteiger partial charge >= 0.3 is 0 Å². The topological polar surface area (TPSA) is 42.4 Å². The van der Waals surface area contributed by atoms with Crippen LogP contribution >= 0.6 is 11.3 Å². The summed E-state index contributed by atoms with van der Waals surface area (Å²) in [4.78, 5) is 19.1. The second-order valence-corrected chi connectivity index (χ2v) is 6.15. The Bertz CT molecular complexity index is 857. The Morgan fingerprint density at radius 1 is 1.20 bits per heavy atom. The summed E-state index contributed by atoms with van der Waals surface area (Å²) >= 11 is 1.44. The van der Waals surface area contributed by atoms with Gasteiger partial charge in [-0.1, -0.05) is 36.4 Å². The summed E-state index contributed by atoms with van der Waals surface area (Å²) in [5, 5.41) is 2.61. The van der Waals surface area contributed by atoms with Crippen molar-refractivity contribution in [2.75, 3.05) is 18.6 Å². The number of thiazole rings is 1. The van der Waals surface area contributed by atoms with Crippen LogP contribution in [0.4, 0.5) is 5.13 Å². The lowest BCUT2D eigenvalue weighted by atomic mass is 10.2. The third kappa shape index (κ3) is 3.78. The van der Waals surface area contributed by atoms with Gasteiger partial charge in [0.05, 0.1) is 12.8 Å². The first-order chi connectivity index (χ1) is 12.2. The van der Waals surface area contributed by atoms with Gasteiger partial charge in [-0.2, -0.15) is 0 Å². The maximum absolute atomic E-state index is 12.9. The number of ether oxygens (including phenoxy) is 1. The monoisotopic (exact) mass is 350 g/mol. The van der Waals surface area contributed by atoms with Crippen LogP contribution in [0.1, 0.15) is 10.4 Å². The summed E-state index contributed by atoms with van der Waals surface area (Å²) < 4.78 is 5.14. The molecule has 5 heteroatoms. The lowest BCUT2D eigenvalue weighted by Crippen LogP contribution is -2.30. The number of aromatic nitrogens is 1. The number of hydrogen-bond donors (Lipinski definition) is 0. The summed E-state index contributed by atoms with van der Waals surface area (Å²) in [6.45, 7) is 4.15. The van der Waals surface area contributed by atoms with Crippen molar-refractivity contribution in [3.05, 3.63) is 78.2 Å². The van der Waals surface area contributed by atoms with E-state index in [0.717, 1.165) is 11.3 Å². The average molecular weight is 350 g/mol. The van der Waals surface area contributed by atoms with Gasteiger partial charge in [0.15, 0.2) is 5.13 Å². The fraction of sp³-hybridized carbons (Fsp3) is 0.100. The van der Waals surface area contributed by atoms with Crippen molar-refractivity contribution in [3.63, 3.8) is 0 Å². The molecule has 0 atom stereocenters. The third-order valence-electron chi connectivity index (χ3n) is 3.69. The van der Waals surface area contributed by atoms with Crippen LogP contribution in [0.25, 0.3) is 11.3 Å². The zero-order valence-corrected chi connectivity index (χ0v) is 14.7. The Labute approximate surface area is 151 Å². The lowest BCUT2D eigenvalue weighted by molar-refractivity contribution is 0.0989. The van der Waals surface area contributed by atoms with E-state index in [-0.39, 0.29) is 5.91 Å². The van der Waals surface area contributed by atoms with Gasteiger partial charge in [0.25, 0.3) is 5.91 Å². The molecular weight excluding hydrogens is 332 g/mol. The molecule has 0 bridgehead atoms. The summed E-state index contributed by atoms with van der Waals surface area (Å²) in [7, 11) is 1.60. The number of carbonyl (C=O) groups is 1. The predicted octanol–water partition coefficient (Wildman–Crippen LogP) is 4.65. The van der Waals surface area contributed by atoms with Crippen molar-refractivity contribution in [1.29, 1.82) is 0 Å². The van der Waals surface area contributed by atoms with Gasteiger partial charge in [0.1, 0.15) is 5.75 Å². The number of hydrogen-bond acceptors (Lipinski definition) is 4. The van der Waals surface area contributed by atoms with Crippen LogP contribution in [-0.4, -0.2) is 24.5 Å². The maximum atomic E-state index is 12.9. The number of benzene rings is 2. The minimum Gasteiger partial charge on any atom is -0.497 e. The highest BCUT2D eigenvalue weighted by atomic mass is 32.1. The van der Waals surface area contributed by atoms with Crippen LogP contribution in [0.2, 0.25) is 0 Å². The molecule has 126 valence electrons.